The van der Waals surface area contributed by atoms with Crippen molar-refractivity contribution in [2.24, 2.45) is 17.6 Å². The summed E-state index contributed by atoms with van der Waals surface area (Å²) >= 11 is 0. The number of hydrogen-bond donors (Lipinski definition) is 2. The molecule has 1 aromatic rings. The molecule has 0 spiro atoms. The Morgan fingerprint density at radius 3 is 1.98 bits per heavy atom. The molecule has 5 atom stereocenters. The molecule has 0 bridgehead atoms. The summed E-state index contributed by atoms with van der Waals surface area (Å²) in [5.74, 6) is -2.81. The minimum Gasteiger partial charge on any atom is -0.480 e. The lowest BCUT2D eigenvalue weighted by atomic mass is 9.87. The van der Waals surface area contributed by atoms with Crippen LogP contribution >= 0.6 is 0 Å². The minimum atomic E-state index is -1.35. The van der Waals surface area contributed by atoms with Crippen LogP contribution in [0.2, 0.25) is 0 Å². The number of carboxylic acid groups (broad SMARTS) is 1. The summed E-state index contributed by atoms with van der Waals surface area (Å²) in [5, 5.41) is 9.68. The van der Waals surface area contributed by atoms with E-state index in [1.807, 2.05) is 34.6 Å². The zero-order valence-electron chi connectivity index (χ0n) is 24.8. The molecule has 3 N–H and O–H groups in total. The number of carbonyl (C=O) groups is 4. The fourth-order valence-corrected chi connectivity index (χ4v) is 3.88. The average Bonchev–Trinajstić information content (AvgIpc) is 2.89. The zero-order valence-corrected chi connectivity index (χ0v) is 24.8. The third kappa shape index (κ3) is 12.8. The Morgan fingerprint density at radius 2 is 1.45 bits per heavy atom. The molecule has 0 radical (unpaired) electrons. The minimum absolute atomic E-state index is 0.00482. The SMILES string of the molecule is CCCCCOC(=O)OC(C)CC(c1ccc(OC(=O)CC(C)CC)c(OC(=O)CC(C)CC)c1)[C@H](N)C(=O)O. The number of esters is 2. The Kier molecular flexibility index (Phi) is 15.9. The number of hydrogen-bond acceptors (Lipinski definition) is 9. The van der Waals surface area contributed by atoms with Gasteiger partial charge in [0.1, 0.15) is 12.1 Å². The van der Waals surface area contributed by atoms with Gasteiger partial charge < -0.3 is 29.8 Å². The molecule has 1 rings (SSSR count). The first-order chi connectivity index (χ1) is 18.9. The maximum Gasteiger partial charge on any atom is 0.508 e. The number of benzene rings is 1. The van der Waals surface area contributed by atoms with Gasteiger partial charge in [0.15, 0.2) is 11.5 Å². The van der Waals surface area contributed by atoms with Gasteiger partial charge in [-0.15, -0.1) is 0 Å². The van der Waals surface area contributed by atoms with Gasteiger partial charge in [-0.25, -0.2) is 4.79 Å². The number of ether oxygens (including phenoxy) is 4. The van der Waals surface area contributed by atoms with Gasteiger partial charge in [-0.1, -0.05) is 66.4 Å². The Labute approximate surface area is 237 Å². The summed E-state index contributed by atoms with van der Waals surface area (Å²) in [4.78, 5) is 49.1. The van der Waals surface area contributed by atoms with Gasteiger partial charge in [0.05, 0.1) is 6.61 Å². The molecule has 40 heavy (non-hydrogen) atoms. The van der Waals surface area contributed by atoms with Crippen LogP contribution in [0.15, 0.2) is 18.2 Å². The van der Waals surface area contributed by atoms with Gasteiger partial charge >= 0.3 is 24.1 Å². The average molecular weight is 566 g/mol. The van der Waals surface area contributed by atoms with Crippen molar-refractivity contribution in [1.29, 1.82) is 0 Å². The van der Waals surface area contributed by atoms with E-state index in [-0.39, 0.29) is 49.2 Å². The molecular weight excluding hydrogens is 518 g/mol. The molecule has 4 unspecified atom stereocenters. The lowest BCUT2D eigenvalue weighted by Gasteiger charge is -2.25. The van der Waals surface area contributed by atoms with Crippen molar-refractivity contribution >= 4 is 24.1 Å². The monoisotopic (exact) mass is 565 g/mol. The highest BCUT2D eigenvalue weighted by Gasteiger charge is 2.30. The van der Waals surface area contributed by atoms with E-state index >= 15 is 0 Å². The van der Waals surface area contributed by atoms with Crippen LogP contribution in [0.5, 0.6) is 11.5 Å². The maximum absolute atomic E-state index is 12.6. The van der Waals surface area contributed by atoms with Crippen LogP contribution in [0.4, 0.5) is 4.79 Å². The van der Waals surface area contributed by atoms with Crippen LogP contribution in [0, 0.1) is 11.8 Å². The summed E-state index contributed by atoms with van der Waals surface area (Å²) in [6.45, 7) is 11.7. The normalized spacial score (nSPS) is 14.8. The second-order valence-electron chi connectivity index (χ2n) is 10.5. The number of nitrogens with two attached hydrogens (primary N) is 1. The van der Waals surface area contributed by atoms with Crippen LogP contribution < -0.4 is 15.2 Å². The maximum atomic E-state index is 12.6. The van der Waals surface area contributed by atoms with E-state index in [0.29, 0.717) is 5.56 Å². The summed E-state index contributed by atoms with van der Waals surface area (Å²) in [6.07, 6.45) is 3.04. The Balaban J connectivity index is 3.24. The van der Waals surface area contributed by atoms with E-state index in [1.54, 1.807) is 13.0 Å². The molecule has 226 valence electrons. The molecule has 0 amide bonds. The second kappa shape index (κ2) is 18.3. The highest BCUT2D eigenvalue weighted by molar-refractivity contribution is 5.77. The van der Waals surface area contributed by atoms with E-state index in [9.17, 15) is 24.3 Å². The fourth-order valence-electron chi connectivity index (χ4n) is 3.88. The standard InChI is InChI=1S/C30H47NO9/c1-7-10-11-14-37-30(36)38-21(6)17-23(28(31)29(34)35)22-12-13-24(39-26(32)15-19(4)8-2)25(18-22)40-27(33)16-20(5)9-3/h12-13,18-21,23,28H,7-11,14-17,31H2,1-6H3,(H,34,35)/t19?,20?,21?,23?,28-/m0/s1. The number of aliphatic carboxylic acids is 1. The first-order valence-corrected chi connectivity index (χ1v) is 14.3. The predicted molar refractivity (Wildman–Crippen MR) is 150 cm³/mol. The first-order valence-electron chi connectivity index (χ1n) is 14.3. The van der Waals surface area contributed by atoms with Crippen molar-refractivity contribution in [2.75, 3.05) is 6.61 Å². The molecule has 0 aromatic heterocycles. The van der Waals surface area contributed by atoms with Crippen molar-refractivity contribution in [3.05, 3.63) is 23.8 Å². The molecule has 10 nitrogen and oxygen atoms in total. The Hall–Kier alpha value is -3.14. The predicted octanol–water partition coefficient (Wildman–Crippen LogP) is 5.99. The number of unbranched alkanes of at least 4 members (excludes halogenated alkanes) is 2. The van der Waals surface area contributed by atoms with E-state index in [1.165, 1.54) is 12.1 Å². The lowest BCUT2D eigenvalue weighted by Crippen LogP contribution is -2.38. The third-order valence-corrected chi connectivity index (χ3v) is 6.84. The van der Waals surface area contributed by atoms with E-state index < -0.39 is 42.1 Å². The first kappa shape index (κ1) is 34.9. The molecular formula is C30H47NO9. The van der Waals surface area contributed by atoms with Crippen LogP contribution in [-0.2, 0) is 23.9 Å². The smallest absolute Gasteiger partial charge is 0.480 e. The van der Waals surface area contributed by atoms with Gasteiger partial charge in [-0.2, -0.15) is 0 Å². The second-order valence-corrected chi connectivity index (χ2v) is 10.5. The van der Waals surface area contributed by atoms with Crippen LogP contribution in [0.25, 0.3) is 0 Å². The highest BCUT2D eigenvalue weighted by atomic mass is 16.7. The number of carbonyl (C=O) groups excluding carboxylic acids is 3. The molecule has 0 heterocycles. The Bertz CT molecular complexity index is 964. The van der Waals surface area contributed by atoms with Gasteiger partial charge in [-0.3, -0.25) is 14.4 Å². The third-order valence-electron chi connectivity index (χ3n) is 6.84. The number of carboxylic acids is 1. The van der Waals surface area contributed by atoms with Crippen molar-refractivity contribution in [2.45, 2.75) is 111 Å². The molecule has 0 fully saturated rings. The van der Waals surface area contributed by atoms with Crippen LogP contribution in [-0.4, -0.2) is 47.9 Å². The van der Waals surface area contributed by atoms with Gasteiger partial charge in [0.25, 0.3) is 0 Å². The van der Waals surface area contributed by atoms with Crippen molar-refractivity contribution in [3.63, 3.8) is 0 Å². The molecule has 1 aromatic carbocycles. The fraction of sp³-hybridized carbons (Fsp3) is 0.667. The lowest BCUT2D eigenvalue weighted by molar-refractivity contribution is -0.139. The largest absolute Gasteiger partial charge is 0.508 e. The van der Waals surface area contributed by atoms with Crippen molar-refractivity contribution < 1.29 is 43.2 Å². The van der Waals surface area contributed by atoms with Crippen LogP contribution in [0.1, 0.15) is 104 Å². The molecule has 0 aliphatic rings. The molecule has 0 aliphatic carbocycles. The topological polar surface area (TPSA) is 151 Å². The molecule has 0 saturated heterocycles. The van der Waals surface area contributed by atoms with Crippen LogP contribution in [0.3, 0.4) is 0 Å². The number of rotatable bonds is 18. The zero-order chi connectivity index (χ0) is 30.2. The van der Waals surface area contributed by atoms with E-state index in [4.69, 9.17) is 24.7 Å². The van der Waals surface area contributed by atoms with E-state index in [0.717, 1.165) is 32.1 Å². The van der Waals surface area contributed by atoms with Gasteiger partial charge in [-0.05, 0) is 49.3 Å². The van der Waals surface area contributed by atoms with Gasteiger partial charge in [0, 0.05) is 18.8 Å². The van der Waals surface area contributed by atoms with Crippen molar-refractivity contribution in [1.82, 2.24) is 0 Å². The molecule has 10 heteroatoms. The summed E-state index contributed by atoms with van der Waals surface area (Å²) < 4.78 is 21.5. The van der Waals surface area contributed by atoms with Gasteiger partial charge in [0.2, 0.25) is 0 Å². The molecule has 0 aliphatic heterocycles. The summed E-state index contributed by atoms with van der Waals surface area (Å²) in [5.41, 5.74) is 6.47. The Morgan fingerprint density at radius 1 is 0.875 bits per heavy atom. The van der Waals surface area contributed by atoms with E-state index in [2.05, 4.69) is 0 Å². The summed E-state index contributed by atoms with van der Waals surface area (Å²) in [7, 11) is 0. The summed E-state index contributed by atoms with van der Waals surface area (Å²) in [6, 6.07) is 3.14. The van der Waals surface area contributed by atoms with Crippen molar-refractivity contribution in [3.8, 4) is 11.5 Å². The highest BCUT2D eigenvalue weighted by Crippen LogP contribution is 2.35. The molecule has 0 saturated carbocycles. The quantitative estimate of drug-likeness (QED) is 0.123.